The van der Waals surface area contributed by atoms with Crippen LogP contribution in [0.4, 0.5) is 0 Å². The summed E-state index contributed by atoms with van der Waals surface area (Å²) in [6.07, 6.45) is 5.05. The van der Waals surface area contributed by atoms with Crippen LogP contribution in [0.1, 0.15) is 24.4 Å². The van der Waals surface area contributed by atoms with E-state index in [2.05, 4.69) is 21.9 Å². The van der Waals surface area contributed by atoms with E-state index < -0.39 is 9.84 Å². The quantitative estimate of drug-likeness (QED) is 0.372. The maximum absolute atomic E-state index is 13.4. The summed E-state index contributed by atoms with van der Waals surface area (Å²) in [6, 6.07) is 15.6. The van der Waals surface area contributed by atoms with Gasteiger partial charge in [-0.3, -0.25) is 9.36 Å². The molecule has 0 atom stereocenters. The molecule has 0 saturated carbocycles. The van der Waals surface area contributed by atoms with Crippen LogP contribution >= 0.6 is 11.6 Å². The molecule has 0 spiro atoms. The zero-order valence-corrected chi connectivity index (χ0v) is 20.8. The van der Waals surface area contributed by atoms with E-state index in [1.54, 1.807) is 65.6 Å². The number of nitrogens with zero attached hydrogens (tertiary/aromatic N) is 4. The third-order valence-corrected chi connectivity index (χ3v) is 8.58. The monoisotopic (exact) mass is 508 g/mol. The molecule has 35 heavy (non-hydrogen) atoms. The van der Waals surface area contributed by atoms with Gasteiger partial charge < -0.3 is 4.90 Å². The molecule has 0 amide bonds. The molecular weight excluding hydrogens is 484 g/mol. The van der Waals surface area contributed by atoms with Gasteiger partial charge in [0.05, 0.1) is 27.9 Å². The molecule has 0 radical (unpaired) electrons. The summed E-state index contributed by atoms with van der Waals surface area (Å²) in [4.78, 5) is 24.6. The second kappa shape index (κ2) is 9.53. The highest BCUT2D eigenvalue weighted by molar-refractivity contribution is 7.90. The van der Waals surface area contributed by atoms with Gasteiger partial charge in [-0.15, -0.1) is 0 Å². The fourth-order valence-corrected chi connectivity index (χ4v) is 6.13. The molecular formula is C26H25ClN4O3S. The Morgan fingerprint density at radius 1 is 1.00 bits per heavy atom. The summed E-state index contributed by atoms with van der Waals surface area (Å²) in [7, 11) is -1.50. The van der Waals surface area contributed by atoms with E-state index in [1.165, 1.54) is 0 Å². The van der Waals surface area contributed by atoms with Crippen LogP contribution in [0.5, 0.6) is 0 Å². The Hall–Kier alpha value is -3.07. The molecule has 1 saturated heterocycles. The van der Waals surface area contributed by atoms with Gasteiger partial charge in [-0.2, -0.15) is 0 Å². The maximum Gasteiger partial charge on any atom is 0.261 e. The van der Waals surface area contributed by atoms with Gasteiger partial charge in [0.1, 0.15) is 5.15 Å². The summed E-state index contributed by atoms with van der Waals surface area (Å²) in [5.74, 6) is -0.269. The number of benzene rings is 2. The minimum absolute atomic E-state index is 0.0693. The Bertz CT molecular complexity index is 1550. The molecule has 0 aliphatic carbocycles. The number of rotatable bonds is 5. The van der Waals surface area contributed by atoms with Crippen molar-refractivity contribution in [2.45, 2.75) is 29.5 Å². The molecule has 180 valence electrons. The topological polar surface area (TPSA) is 85.2 Å². The predicted octanol–water partition coefficient (Wildman–Crippen LogP) is 4.35. The molecule has 9 heteroatoms. The molecule has 0 unspecified atom stereocenters. The molecule has 1 aliphatic rings. The van der Waals surface area contributed by atoms with Crippen molar-refractivity contribution in [3.63, 3.8) is 0 Å². The fraction of sp³-hybridized carbons (Fsp3) is 0.269. The summed E-state index contributed by atoms with van der Waals surface area (Å²) in [6.45, 7) is 1.89. The van der Waals surface area contributed by atoms with Crippen LogP contribution in [-0.4, -0.2) is 48.0 Å². The molecule has 2 aromatic heterocycles. The van der Waals surface area contributed by atoms with E-state index >= 15 is 0 Å². The Morgan fingerprint density at radius 2 is 1.74 bits per heavy atom. The van der Waals surface area contributed by atoms with E-state index in [0.717, 1.165) is 31.5 Å². The van der Waals surface area contributed by atoms with E-state index in [-0.39, 0.29) is 27.4 Å². The molecule has 0 N–H and O–H groups in total. The van der Waals surface area contributed by atoms with Crippen LogP contribution in [0.2, 0.25) is 5.15 Å². The number of piperidine rings is 1. The van der Waals surface area contributed by atoms with Gasteiger partial charge in [-0.05, 0) is 68.9 Å². The number of fused-ring (bicyclic) bond motifs is 1. The molecule has 1 aliphatic heterocycles. The van der Waals surface area contributed by atoms with E-state index in [1.807, 2.05) is 6.07 Å². The van der Waals surface area contributed by atoms with E-state index in [9.17, 15) is 13.2 Å². The van der Waals surface area contributed by atoms with Gasteiger partial charge >= 0.3 is 0 Å². The lowest BCUT2D eigenvalue weighted by Crippen LogP contribution is -2.35. The minimum atomic E-state index is -3.59. The first kappa shape index (κ1) is 23.7. The average molecular weight is 509 g/mol. The molecule has 7 nitrogen and oxygen atoms in total. The number of halogens is 1. The van der Waals surface area contributed by atoms with Crippen molar-refractivity contribution in [3.8, 4) is 11.1 Å². The van der Waals surface area contributed by atoms with Crippen molar-refractivity contribution in [3.05, 3.63) is 88.2 Å². The van der Waals surface area contributed by atoms with Gasteiger partial charge in [-0.1, -0.05) is 35.9 Å². The van der Waals surface area contributed by atoms with Crippen LogP contribution in [0.3, 0.4) is 0 Å². The molecule has 3 heterocycles. The highest BCUT2D eigenvalue weighted by atomic mass is 35.5. The third-order valence-electron chi connectivity index (χ3n) is 6.56. The minimum Gasteiger partial charge on any atom is -0.306 e. The summed E-state index contributed by atoms with van der Waals surface area (Å²) >= 11 is 6.27. The Kier molecular flexibility index (Phi) is 6.44. The Balaban J connectivity index is 1.50. The van der Waals surface area contributed by atoms with Crippen molar-refractivity contribution in [2.75, 3.05) is 20.1 Å². The molecule has 2 aromatic carbocycles. The highest BCUT2D eigenvalue weighted by Crippen LogP contribution is 2.28. The number of hydrogen-bond donors (Lipinski definition) is 0. The van der Waals surface area contributed by atoms with E-state index in [4.69, 9.17) is 11.6 Å². The largest absolute Gasteiger partial charge is 0.306 e. The number of hydrogen-bond acceptors (Lipinski definition) is 6. The number of sulfone groups is 1. The molecule has 4 aromatic rings. The first-order chi connectivity index (χ1) is 16.8. The summed E-state index contributed by atoms with van der Waals surface area (Å²) < 4.78 is 27.5. The first-order valence-corrected chi connectivity index (χ1v) is 13.5. The first-order valence-electron chi connectivity index (χ1n) is 11.4. The van der Waals surface area contributed by atoms with Gasteiger partial charge in [0.25, 0.3) is 5.56 Å². The maximum atomic E-state index is 13.4. The number of pyridine rings is 1. The standard InChI is InChI=1S/C26H25ClN4O3S/c1-30-11-9-21(10-12-30)31-17-29-24-8-7-18(14-23(24)26(31)32)19-13-20(25(27)28-15-19)16-35(33,34)22-5-3-2-4-6-22/h2-8,13-15,17,21H,9-12,16H2,1H3. The molecule has 5 rings (SSSR count). The van der Waals surface area contributed by atoms with Crippen molar-refractivity contribution in [2.24, 2.45) is 0 Å². The Morgan fingerprint density at radius 3 is 2.49 bits per heavy atom. The van der Waals surface area contributed by atoms with Crippen molar-refractivity contribution < 1.29 is 8.42 Å². The molecule has 1 fully saturated rings. The van der Waals surface area contributed by atoms with Crippen LogP contribution in [0.25, 0.3) is 22.0 Å². The van der Waals surface area contributed by atoms with Crippen molar-refractivity contribution in [1.82, 2.24) is 19.4 Å². The smallest absolute Gasteiger partial charge is 0.261 e. The lowest BCUT2D eigenvalue weighted by atomic mass is 10.0. The van der Waals surface area contributed by atoms with Gasteiger partial charge in [0.15, 0.2) is 9.84 Å². The van der Waals surface area contributed by atoms with Crippen LogP contribution in [0.15, 0.2) is 76.8 Å². The Labute approximate surface area is 208 Å². The van der Waals surface area contributed by atoms with Crippen LogP contribution in [0, 0.1) is 0 Å². The normalized spacial score (nSPS) is 15.5. The summed E-state index contributed by atoms with van der Waals surface area (Å²) in [5.41, 5.74) is 2.39. The third kappa shape index (κ3) is 4.87. The van der Waals surface area contributed by atoms with Crippen molar-refractivity contribution in [1.29, 1.82) is 0 Å². The van der Waals surface area contributed by atoms with Gasteiger partial charge in [-0.25, -0.2) is 18.4 Å². The van der Waals surface area contributed by atoms with Crippen LogP contribution < -0.4 is 5.56 Å². The second-order valence-corrected chi connectivity index (χ2v) is 11.3. The number of likely N-dealkylation sites (tertiary alicyclic amines) is 1. The fourth-order valence-electron chi connectivity index (χ4n) is 4.52. The predicted molar refractivity (Wildman–Crippen MR) is 137 cm³/mol. The zero-order valence-electron chi connectivity index (χ0n) is 19.3. The van der Waals surface area contributed by atoms with Crippen molar-refractivity contribution >= 4 is 32.3 Å². The van der Waals surface area contributed by atoms with E-state index in [0.29, 0.717) is 22.0 Å². The second-order valence-electron chi connectivity index (χ2n) is 8.97. The summed E-state index contributed by atoms with van der Waals surface area (Å²) in [5, 5.41) is 0.665. The van der Waals surface area contributed by atoms with Gasteiger partial charge in [0.2, 0.25) is 0 Å². The SMILES string of the molecule is CN1CCC(n2cnc3ccc(-c4cnc(Cl)c(CS(=O)(=O)c5ccccc5)c4)cc3c2=O)CC1. The average Bonchev–Trinajstić information content (AvgIpc) is 2.87. The number of aromatic nitrogens is 3. The lowest BCUT2D eigenvalue weighted by molar-refractivity contribution is 0.218. The van der Waals surface area contributed by atoms with Gasteiger partial charge in [0, 0.05) is 23.4 Å². The molecule has 0 bridgehead atoms. The highest BCUT2D eigenvalue weighted by Gasteiger charge is 2.21. The lowest BCUT2D eigenvalue weighted by Gasteiger charge is -2.30. The van der Waals surface area contributed by atoms with Crippen LogP contribution in [-0.2, 0) is 15.6 Å². The zero-order chi connectivity index (χ0) is 24.6.